The quantitative estimate of drug-likeness (QED) is 0.942. The molecule has 1 atom stereocenters. The molecule has 1 aliphatic rings. The Bertz CT molecular complexity index is 621. The van der Waals surface area contributed by atoms with Gasteiger partial charge in [-0.2, -0.15) is 5.10 Å². The van der Waals surface area contributed by atoms with Crippen molar-refractivity contribution in [2.45, 2.75) is 25.4 Å². The summed E-state index contributed by atoms with van der Waals surface area (Å²) >= 11 is 0. The number of halogens is 2. The third-order valence-corrected chi connectivity index (χ3v) is 3.88. The molecule has 1 aromatic carbocycles. The number of aromatic nitrogens is 2. The van der Waals surface area contributed by atoms with Crippen LogP contribution in [-0.2, 0) is 6.54 Å². The Balaban J connectivity index is 1.57. The van der Waals surface area contributed by atoms with Crippen LogP contribution < -0.4 is 10.2 Å². The molecular formula is C16H18F2N4. The van der Waals surface area contributed by atoms with Gasteiger partial charge in [-0.1, -0.05) is 6.07 Å². The first kappa shape index (κ1) is 14.8. The Morgan fingerprint density at radius 1 is 1.23 bits per heavy atom. The van der Waals surface area contributed by atoms with E-state index in [2.05, 4.69) is 20.4 Å². The van der Waals surface area contributed by atoms with Gasteiger partial charge < -0.3 is 10.2 Å². The molecular weight excluding hydrogens is 286 g/mol. The van der Waals surface area contributed by atoms with Crippen molar-refractivity contribution in [2.75, 3.05) is 18.0 Å². The highest BCUT2D eigenvalue weighted by Crippen LogP contribution is 2.17. The van der Waals surface area contributed by atoms with E-state index in [4.69, 9.17) is 0 Å². The molecule has 0 spiro atoms. The van der Waals surface area contributed by atoms with Crippen LogP contribution in [0.25, 0.3) is 0 Å². The number of benzene rings is 1. The first-order chi connectivity index (χ1) is 10.7. The Morgan fingerprint density at radius 2 is 2.14 bits per heavy atom. The van der Waals surface area contributed by atoms with Gasteiger partial charge in [-0.3, -0.25) is 0 Å². The highest BCUT2D eigenvalue weighted by molar-refractivity contribution is 5.37. The molecule has 0 radical (unpaired) electrons. The molecule has 22 heavy (non-hydrogen) atoms. The fourth-order valence-corrected chi connectivity index (χ4v) is 2.73. The summed E-state index contributed by atoms with van der Waals surface area (Å²) in [5.41, 5.74) is 0.746. The third-order valence-electron chi connectivity index (χ3n) is 3.88. The lowest BCUT2D eigenvalue weighted by atomic mass is 10.1. The molecule has 2 aromatic rings. The second kappa shape index (κ2) is 6.79. The number of hydrogen-bond donors (Lipinski definition) is 1. The van der Waals surface area contributed by atoms with E-state index in [1.807, 2.05) is 12.1 Å². The Morgan fingerprint density at radius 3 is 2.91 bits per heavy atom. The highest BCUT2D eigenvalue weighted by Gasteiger charge is 2.20. The minimum Gasteiger partial charge on any atom is -0.354 e. The summed E-state index contributed by atoms with van der Waals surface area (Å²) in [5.74, 6) is -0.735. The second-order valence-corrected chi connectivity index (χ2v) is 5.50. The zero-order valence-corrected chi connectivity index (χ0v) is 12.2. The van der Waals surface area contributed by atoms with Gasteiger partial charge in [0, 0.05) is 31.9 Å². The summed E-state index contributed by atoms with van der Waals surface area (Å²) in [4.78, 5) is 2.19. The largest absolute Gasteiger partial charge is 0.354 e. The monoisotopic (exact) mass is 304 g/mol. The molecule has 6 heteroatoms. The average Bonchev–Trinajstić information content (AvgIpc) is 2.57. The van der Waals surface area contributed by atoms with E-state index in [1.165, 1.54) is 12.1 Å². The molecule has 116 valence electrons. The third kappa shape index (κ3) is 3.57. The van der Waals surface area contributed by atoms with Gasteiger partial charge in [-0.15, -0.1) is 5.10 Å². The van der Waals surface area contributed by atoms with Crippen molar-refractivity contribution >= 4 is 5.82 Å². The molecule has 0 unspecified atom stereocenters. The molecule has 4 nitrogen and oxygen atoms in total. The number of nitrogens with one attached hydrogen (secondary N) is 1. The van der Waals surface area contributed by atoms with Crippen molar-refractivity contribution < 1.29 is 8.78 Å². The van der Waals surface area contributed by atoms with E-state index in [1.54, 1.807) is 12.3 Å². The van der Waals surface area contributed by atoms with Gasteiger partial charge in [-0.05, 0) is 42.7 Å². The van der Waals surface area contributed by atoms with Gasteiger partial charge in [0.2, 0.25) is 0 Å². The van der Waals surface area contributed by atoms with Gasteiger partial charge in [0.1, 0.15) is 0 Å². The van der Waals surface area contributed by atoms with E-state index >= 15 is 0 Å². The molecule has 0 aliphatic carbocycles. The molecule has 1 fully saturated rings. The summed E-state index contributed by atoms with van der Waals surface area (Å²) in [6, 6.07) is 8.13. The van der Waals surface area contributed by atoms with Crippen LogP contribution in [0.1, 0.15) is 18.4 Å². The smallest absolute Gasteiger partial charge is 0.159 e. The van der Waals surface area contributed by atoms with E-state index in [0.29, 0.717) is 12.6 Å². The highest BCUT2D eigenvalue weighted by atomic mass is 19.2. The maximum atomic E-state index is 13.2. The zero-order chi connectivity index (χ0) is 15.4. The lowest BCUT2D eigenvalue weighted by Gasteiger charge is -2.33. The van der Waals surface area contributed by atoms with E-state index in [9.17, 15) is 8.78 Å². The molecule has 0 amide bonds. The lowest BCUT2D eigenvalue weighted by Crippen LogP contribution is -2.45. The molecule has 1 aromatic heterocycles. The molecule has 1 aliphatic heterocycles. The Labute approximate surface area is 128 Å². The van der Waals surface area contributed by atoms with Crippen molar-refractivity contribution in [3.8, 4) is 0 Å². The molecule has 2 heterocycles. The number of piperidine rings is 1. The Kier molecular flexibility index (Phi) is 4.58. The van der Waals surface area contributed by atoms with Crippen LogP contribution in [0, 0.1) is 11.6 Å². The molecule has 0 saturated carbocycles. The van der Waals surface area contributed by atoms with Crippen LogP contribution in [0.4, 0.5) is 14.6 Å². The predicted molar refractivity (Wildman–Crippen MR) is 80.5 cm³/mol. The average molecular weight is 304 g/mol. The Hall–Kier alpha value is -2.08. The minimum atomic E-state index is -0.810. The van der Waals surface area contributed by atoms with Crippen LogP contribution in [-0.4, -0.2) is 29.3 Å². The predicted octanol–water partition coefficient (Wildman–Crippen LogP) is 2.51. The van der Waals surface area contributed by atoms with Gasteiger partial charge in [-0.25, -0.2) is 8.78 Å². The summed E-state index contributed by atoms with van der Waals surface area (Å²) in [7, 11) is 0. The van der Waals surface area contributed by atoms with E-state index < -0.39 is 11.6 Å². The number of nitrogens with zero attached hydrogens (tertiary/aromatic N) is 3. The van der Waals surface area contributed by atoms with E-state index in [-0.39, 0.29) is 0 Å². The molecule has 1 N–H and O–H groups in total. The standard InChI is InChI=1S/C16H18F2N4/c17-14-6-5-12(9-15(14)18)10-19-13-3-2-8-22(11-13)16-4-1-7-20-21-16/h1,4-7,9,13,19H,2-3,8,10-11H2/t13-/m0/s1. The normalized spacial score (nSPS) is 18.5. The first-order valence-electron chi connectivity index (χ1n) is 7.42. The maximum absolute atomic E-state index is 13.2. The van der Waals surface area contributed by atoms with Crippen LogP contribution >= 0.6 is 0 Å². The van der Waals surface area contributed by atoms with Crippen LogP contribution in [0.2, 0.25) is 0 Å². The number of hydrogen-bond acceptors (Lipinski definition) is 4. The molecule has 0 bridgehead atoms. The van der Waals surface area contributed by atoms with Gasteiger partial charge in [0.05, 0.1) is 0 Å². The van der Waals surface area contributed by atoms with Crippen LogP contribution in [0.3, 0.4) is 0 Å². The maximum Gasteiger partial charge on any atom is 0.159 e. The summed E-state index contributed by atoms with van der Waals surface area (Å²) in [5, 5.41) is 11.4. The summed E-state index contributed by atoms with van der Waals surface area (Å²) < 4.78 is 26.1. The van der Waals surface area contributed by atoms with Crippen molar-refractivity contribution in [1.82, 2.24) is 15.5 Å². The fraction of sp³-hybridized carbons (Fsp3) is 0.375. The minimum absolute atomic E-state index is 0.295. The first-order valence-corrected chi connectivity index (χ1v) is 7.42. The van der Waals surface area contributed by atoms with E-state index in [0.717, 1.165) is 37.3 Å². The number of rotatable bonds is 4. The van der Waals surface area contributed by atoms with Gasteiger partial charge >= 0.3 is 0 Å². The lowest BCUT2D eigenvalue weighted by molar-refractivity contribution is 0.418. The van der Waals surface area contributed by atoms with Crippen molar-refractivity contribution in [3.05, 3.63) is 53.7 Å². The second-order valence-electron chi connectivity index (χ2n) is 5.50. The van der Waals surface area contributed by atoms with Crippen molar-refractivity contribution in [3.63, 3.8) is 0 Å². The SMILES string of the molecule is Fc1ccc(CN[C@H]2CCCN(c3cccnn3)C2)cc1F. The number of anilines is 1. The van der Waals surface area contributed by atoms with Gasteiger partial charge in [0.25, 0.3) is 0 Å². The summed E-state index contributed by atoms with van der Waals surface area (Å²) in [6.07, 6.45) is 3.78. The van der Waals surface area contributed by atoms with Crippen LogP contribution in [0.5, 0.6) is 0 Å². The van der Waals surface area contributed by atoms with Crippen molar-refractivity contribution in [1.29, 1.82) is 0 Å². The van der Waals surface area contributed by atoms with Gasteiger partial charge in [0.15, 0.2) is 17.5 Å². The van der Waals surface area contributed by atoms with Crippen molar-refractivity contribution in [2.24, 2.45) is 0 Å². The topological polar surface area (TPSA) is 41.0 Å². The summed E-state index contributed by atoms with van der Waals surface area (Å²) in [6.45, 7) is 2.32. The van der Waals surface area contributed by atoms with Crippen LogP contribution in [0.15, 0.2) is 36.5 Å². The zero-order valence-electron chi connectivity index (χ0n) is 12.2. The molecule has 1 saturated heterocycles. The fourth-order valence-electron chi connectivity index (χ4n) is 2.73. The molecule has 3 rings (SSSR count).